The Bertz CT molecular complexity index is 568. The number of hydrogen-bond donors (Lipinski definition) is 3. The van der Waals surface area contributed by atoms with Gasteiger partial charge >= 0.3 is 0 Å². The van der Waals surface area contributed by atoms with Gasteiger partial charge in [0.1, 0.15) is 29.9 Å². The molecule has 0 aliphatic carbocycles. The van der Waals surface area contributed by atoms with E-state index in [1.807, 2.05) is 20.8 Å². The topological polar surface area (TPSA) is 78.8 Å². The number of aromatic hydroxyl groups is 2. The molecule has 0 aromatic heterocycles. The van der Waals surface area contributed by atoms with Crippen molar-refractivity contribution in [2.45, 2.75) is 32.5 Å². The van der Waals surface area contributed by atoms with Gasteiger partial charge in [-0.2, -0.15) is 0 Å². The summed E-state index contributed by atoms with van der Waals surface area (Å²) in [7, 11) is 5.64. The van der Waals surface area contributed by atoms with Gasteiger partial charge in [-0.15, -0.1) is 0 Å². The molecule has 1 heterocycles. The van der Waals surface area contributed by atoms with Gasteiger partial charge in [-0.25, -0.2) is 0 Å². The molecule has 1 unspecified atom stereocenters. The number of ketones is 1. The average molecular weight is 282 g/mol. The van der Waals surface area contributed by atoms with Crippen molar-refractivity contribution in [3.8, 4) is 17.2 Å². The molecule has 0 saturated carbocycles. The summed E-state index contributed by atoms with van der Waals surface area (Å²) in [6.45, 7) is 5.58. The highest BCUT2D eigenvalue weighted by molar-refractivity contribution is 6.43. The molecule has 1 aliphatic rings. The monoisotopic (exact) mass is 281 g/mol. The van der Waals surface area contributed by atoms with E-state index in [9.17, 15) is 15.0 Å². The number of carbonyl (C=O) groups excluding carboxylic acids is 1. The predicted molar refractivity (Wildman–Crippen MR) is 71.8 cm³/mol. The third-order valence-corrected chi connectivity index (χ3v) is 3.02. The van der Waals surface area contributed by atoms with Crippen LogP contribution in [0.15, 0.2) is 0 Å². The highest BCUT2D eigenvalue weighted by atomic mass is 35.5. The van der Waals surface area contributed by atoms with Crippen molar-refractivity contribution in [2.75, 3.05) is 0 Å². The molecule has 1 aromatic rings. The minimum atomic E-state index is -0.971. The number of hydrogen-bond acceptors (Lipinski definition) is 5. The minimum Gasteiger partial charge on any atom is -0.507 e. The molecule has 100 valence electrons. The summed E-state index contributed by atoms with van der Waals surface area (Å²) in [4.78, 5) is 12.2. The van der Waals surface area contributed by atoms with Crippen molar-refractivity contribution in [1.29, 1.82) is 0 Å². The molecule has 0 bridgehead atoms. The minimum absolute atomic E-state index is 0.0499. The van der Waals surface area contributed by atoms with Gasteiger partial charge < -0.3 is 14.9 Å². The van der Waals surface area contributed by atoms with Crippen molar-refractivity contribution in [3.63, 3.8) is 0 Å². The van der Waals surface area contributed by atoms with E-state index in [2.05, 4.69) is 5.32 Å². The van der Waals surface area contributed by atoms with Crippen molar-refractivity contribution in [1.82, 2.24) is 5.32 Å². The fraction of sp³-hybridized carbons (Fsp3) is 0.417. The first-order valence-electron chi connectivity index (χ1n) is 5.65. The van der Waals surface area contributed by atoms with Crippen LogP contribution in [0.2, 0.25) is 5.02 Å². The van der Waals surface area contributed by atoms with Crippen molar-refractivity contribution >= 4 is 30.7 Å². The maximum absolute atomic E-state index is 12.2. The van der Waals surface area contributed by atoms with Gasteiger partial charge in [0.25, 0.3) is 0 Å². The summed E-state index contributed by atoms with van der Waals surface area (Å²) in [5, 5.41) is 22.0. The van der Waals surface area contributed by atoms with Crippen LogP contribution in [-0.4, -0.2) is 35.6 Å². The molecule has 2 rings (SSSR count). The maximum atomic E-state index is 12.2. The number of rotatable bonds is 1. The maximum Gasteiger partial charge on any atom is 0.225 e. The van der Waals surface area contributed by atoms with Crippen LogP contribution >= 0.6 is 11.6 Å². The lowest BCUT2D eigenvalue weighted by Gasteiger charge is -2.24. The lowest BCUT2D eigenvalue weighted by atomic mass is 9.90. The summed E-state index contributed by atoms with van der Waals surface area (Å²) >= 11 is 5.70. The van der Waals surface area contributed by atoms with Gasteiger partial charge in [-0.3, -0.25) is 10.1 Å². The molecule has 0 fully saturated rings. The Morgan fingerprint density at radius 1 is 1.32 bits per heavy atom. The van der Waals surface area contributed by atoms with Crippen LogP contribution in [0, 0.1) is 0 Å². The molecule has 2 radical (unpaired) electrons. The van der Waals surface area contributed by atoms with E-state index < -0.39 is 23.5 Å². The summed E-state index contributed by atoms with van der Waals surface area (Å²) in [5.41, 5.74) is -0.648. The number of fused-ring (bicyclic) bond motifs is 1. The zero-order valence-corrected chi connectivity index (χ0v) is 11.5. The van der Waals surface area contributed by atoms with Gasteiger partial charge in [0.2, 0.25) is 12.0 Å². The van der Waals surface area contributed by atoms with Crippen LogP contribution in [0.3, 0.4) is 0 Å². The Labute approximate surface area is 116 Å². The highest BCUT2D eigenvalue weighted by Gasteiger charge is 2.40. The number of carbonyl (C=O) groups is 1. The van der Waals surface area contributed by atoms with Crippen LogP contribution < -0.4 is 15.5 Å². The summed E-state index contributed by atoms with van der Waals surface area (Å²) in [6.07, 6.45) is -0.971. The molecule has 3 N–H and O–H groups in total. The van der Waals surface area contributed by atoms with E-state index in [1.165, 1.54) is 0 Å². The van der Waals surface area contributed by atoms with E-state index in [-0.39, 0.29) is 27.3 Å². The van der Waals surface area contributed by atoms with Gasteiger partial charge in [-0.05, 0) is 26.2 Å². The van der Waals surface area contributed by atoms with Crippen molar-refractivity contribution in [3.05, 3.63) is 10.6 Å². The number of phenols is 2. The summed E-state index contributed by atoms with van der Waals surface area (Å²) < 4.78 is 5.38. The van der Waals surface area contributed by atoms with Crippen LogP contribution in [0.5, 0.6) is 17.2 Å². The fourth-order valence-electron chi connectivity index (χ4n) is 1.83. The molecule has 0 amide bonds. The second-order valence-corrected chi connectivity index (χ2v) is 5.76. The van der Waals surface area contributed by atoms with E-state index >= 15 is 0 Å². The van der Waals surface area contributed by atoms with Crippen LogP contribution in [0.1, 0.15) is 31.1 Å². The standard InChI is InChI=1S/C12H13BClNO4/c1-12(2,3)15-11-8(17)4-7(16)6(14)9(18)5(13)10(4)19-11/h11,15-16,18H,1-3H3. The van der Waals surface area contributed by atoms with E-state index in [4.69, 9.17) is 24.2 Å². The Hall–Kier alpha value is -1.40. The fourth-order valence-corrected chi connectivity index (χ4v) is 2.03. The molecule has 5 nitrogen and oxygen atoms in total. The summed E-state index contributed by atoms with van der Waals surface area (Å²) in [5.74, 6) is -1.55. The van der Waals surface area contributed by atoms with Crippen LogP contribution in [-0.2, 0) is 0 Å². The third kappa shape index (κ3) is 2.26. The molecule has 1 aliphatic heterocycles. The van der Waals surface area contributed by atoms with Crippen LogP contribution in [0.4, 0.5) is 0 Å². The smallest absolute Gasteiger partial charge is 0.225 e. The molecule has 1 aromatic carbocycles. The normalized spacial score (nSPS) is 18.3. The lowest BCUT2D eigenvalue weighted by molar-refractivity contribution is 0.0755. The molecule has 7 heteroatoms. The Kier molecular flexibility index (Phi) is 3.19. The van der Waals surface area contributed by atoms with Gasteiger partial charge in [-0.1, -0.05) is 11.6 Å². The Balaban J connectivity index is 2.50. The largest absolute Gasteiger partial charge is 0.507 e. The number of Topliss-reactive ketones (excluding diaryl/α,β-unsaturated/α-hetero) is 1. The lowest BCUT2D eigenvalue weighted by Crippen LogP contribution is -2.48. The SMILES string of the molecule is [B]c1c(O)c(Cl)c(O)c2c1OC(NC(C)(C)C)C2=O. The molecule has 1 atom stereocenters. The number of benzene rings is 1. The Morgan fingerprint density at radius 2 is 1.89 bits per heavy atom. The van der Waals surface area contributed by atoms with E-state index in [0.717, 1.165) is 0 Å². The summed E-state index contributed by atoms with van der Waals surface area (Å²) in [6, 6.07) is 0. The Morgan fingerprint density at radius 3 is 2.42 bits per heavy atom. The number of ether oxygens (including phenoxy) is 1. The van der Waals surface area contributed by atoms with Gasteiger partial charge in [0.05, 0.1) is 0 Å². The first-order valence-corrected chi connectivity index (χ1v) is 6.02. The second kappa shape index (κ2) is 4.32. The first kappa shape index (κ1) is 14.0. The molecular formula is C12H13BClNO4. The zero-order valence-electron chi connectivity index (χ0n) is 10.7. The highest BCUT2D eigenvalue weighted by Crippen LogP contribution is 2.43. The second-order valence-electron chi connectivity index (χ2n) is 5.39. The zero-order chi connectivity index (χ0) is 14.5. The number of phenolic OH excluding ortho intramolecular Hbond substituents is 2. The first-order chi connectivity index (χ1) is 8.63. The molecular weight excluding hydrogens is 268 g/mol. The number of halogens is 1. The van der Waals surface area contributed by atoms with Crippen molar-refractivity contribution in [2.24, 2.45) is 0 Å². The van der Waals surface area contributed by atoms with E-state index in [0.29, 0.717) is 0 Å². The number of nitrogens with one attached hydrogen (secondary N) is 1. The molecule has 0 spiro atoms. The van der Waals surface area contributed by atoms with Crippen LogP contribution in [0.25, 0.3) is 0 Å². The quantitative estimate of drug-likeness (QED) is 0.665. The third-order valence-electron chi connectivity index (χ3n) is 2.66. The average Bonchev–Trinajstić information content (AvgIpc) is 2.60. The van der Waals surface area contributed by atoms with Gasteiger partial charge in [0, 0.05) is 5.54 Å². The van der Waals surface area contributed by atoms with E-state index in [1.54, 1.807) is 0 Å². The molecule has 0 saturated heterocycles. The van der Waals surface area contributed by atoms with Gasteiger partial charge in [0.15, 0.2) is 5.75 Å². The van der Waals surface area contributed by atoms with Crippen molar-refractivity contribution < 1.29 is 19.7 Å². The molecule has 19 heavy (non-hydrogen) atoms. The predicted octanol–water partition coefficient (Wildman–Crippen LogP) is 0.834.